The molecule has 4 nitrogen and oxygen atoms in total. The van der Waals surface area contributed by atoms with Crippen LogP contribution >= 0.6 is 0 Å². The molecule has 170 valence electrons. The van der Waals surface area contributed by atoms with Gasteiger partial charge >= 0.3 is 0 Å². The first-order valence-electron chi connectivity index (χ1n) is 12.0. The van der Waals surface area contributed by atoms with Crippen LogP contribution in [0, 0.1) is 0 Å². The lowest BCUT2D eigenvalue weighted by Gasteiger charge is -2.09. The molecule has 0 saturated carbocycles. The number of carbonyl (C=O) groups excluding carboxylic acids is 1. The van der Waals surface area contributed by atoms with Crippen molar-refractivity contribution in [1.29, 1.82) is 0 Å². The summed E-state index contributed by atoms with van der Waals surface area (Å²) >= 11 is 0. The van der Waals surface area contributed by atoms with E-state index in [0.717, 1.165) is 36.2 Å². The van der Waals surface area contributed by atoms with Crippen molar-refractivity contribution in [2.75, 3.05) is 6.54 Å². The van der Waals surface area contributed by atoms with Gasteiger partial charge in [0, 0.05) is 25.2 Å². The SMILES string of the molecule is CCCCCCCCCCCCNC(=O)c1cccc(CNCc2ccc(O)cc2)c1. The second-order valence-corrected chi connectivity index (χ2v) is 8.41. The van der Waals surface area contributed by atoms with Gasteiger partial charge in [-0.2, -0.15) is 0 Å². The number of aromatic hydroxyl groups is 1. The Morgan fingerprint density at radius 3 is 2.06 bits per heavy atom. The average molecular weight is 425 g/mol. The van der Waals surface area contributed by atoms with Gasteiger partial charge in [0.15, 0.2) is 0 Å². The van der Waals surface area contributed by atoms with E-state index in [9.17, 15) is 9.90 Å². The molecule has 0 aliphatic carbocycles. The zero-order chi connectivity index (χ0) is 22.2. The Bertz CT molecular complexity index is 743. The monoisotopic (exact) mass is 424 g/mol. The van der Waals surface area contributed by atoms with Crippen molar-refractivity contribution >= 4 is 5.91 Å². The van der Waals surface area contributed by atoms with Crippen molar-refractivity contribution < 1.29 is 9.90 Å². The van der Waals surface area contributed by atoms with Gasteiger partial charge in [0.25, 0.3) is 5.91 Å². The van der Waals surface area contributed by atoms with Crippen molar-refractivity contribution in [2.24, 2.45) is 0 Å². The van der Waals surface area contributed by atoms with Crippen LogP contribution in [0.2, 0.25) is 0 Å². The van der Waals surface area contributed by atoms with Gasteiger partial charge in [0.1, 0.15) is 5.75 Å². The summed E-state index contributed by atoms with van der Waals surface area (Å²) in [5.74, 6) is 0.288. The molecular weight excluding hydrogens is 384 g/mol. The molecule has 31 heavy (non-hydrogen) atoms. The van der Waals surface area contributed by atoms with Gasteiger partial charge in [-0.1, -0.05) is 89.0 Å². The fourth-order valence-electron chi connectivity index (χ4n) is 3.70. The highest BCUT2D eigenvalue weighted by molar-refractivity contribution is 5.94. The van der Waals surface area contributed by atoms with Crippen LogP contribution in [-0.4, -0.2) is 17.6 Å². The lowest BCUT2D eigenvalue weighted by Crippen LogP contribution is -2.24. The number of phenols is 1. The minimum Gasteiger partial charge on any atom is -0.508 e. The molecule has 0 bridgehead atoms. The normalized spacial score (nSPS) is 10.9. The Balaban J connectivity index is 1.57. The Morgan fingerprint density at radius 1 is 0.774 bits per heavy atom. The summed E-state index contributed by atoms with van der Waals surface area (Å²) in [6.07, 6.45) is 13.0. The highest BCUT2D eigenvalue weighted by Crippen LogP contribution is 2.11. The maximum absolute atomic E-state index is 12.4. The predicted molar refractivity (Wildman–Crippen MR) is 129 cm³/mol. The van der Waals surface area contributed by atoms with Crippen molar-refractivity contribution in [3.63, 3.8) is 0 Å². The number of amides is 1. The molecule has 2 aromatic carbocycles. The molecule has 0 fully saturated rings. The summed E-state index contributed by atoms with van der Waals surface area (Å²) in [4.78, 5) is 12.4. The Labute approximate surface area is 188 Å². The van der Waals surface area contributed by atoms with Crippen LogP contribution < -0.4 is 10.6 Å². The Kier molecular flexibility index (Phi) is 12.4. The van der Waals surface area contributed by atoms with Crippen molar-refractivity contribution in [1.82, 2.24) is 10.6 Å². The van der Waals surface area contributed by atoms with E-state index in [1.165, 1.54) is 57.8 Å². The highest BCUT2D eigenvalue weighted by Gasteiger charge is 2.05. The summed E-state index contributed by atoms with van der Waals surface area (Å²) in [6.45, 7) is 4.42. The smallest absolute Gasteiger partial charge is 0.251 e. The molecule has 2 rings (SSSR count). The number of hydrogen-bond acceptors (Lipinski definition) is 3. The standard InChI is InChI=1S/C27H40N2O2/c1-2-3-4-5-6-7-8-9-10-11-19-29-27(31)25-14-12-13-24(20-25)22-28-21-23-15-17-26(30)18-16-23/h12-18,20,28,30H,2-11,19,21-22H2,1H3,(H,29,31). The van der Waals surface area contributed by atoms with Gasteiger partial charge < -0.3 is 15.7 Å². The molecule has 0 spiro atoms. The first kappa shape index (κ1) is 24.9. The van der Waals surface area contributed by atoms with Crippen LogP contribution in [0.25, 0.3) is 0 Å². The van der Waals surface area contributed by atoms with E-state index in [-0.39, 0.29) is 11.7 Å². The first-order valence-corrected chi connectivity index (χ1v) is 12.0. The number of hydrogen-bond donors (Lipinski definition) is 3. The average Bonchev–Trinajstić information content (AvgIpc) is 2.79. The minimum atomic E-state index is 0.0105. The zero-order valence-corrected chi connectivity index (χ0v) is 19.2. The molecule has 0 atom stereocenters. The van der Waals surface area contributed by atoms with Crippen molar-refractivity contribution in [3.05, 3.63) is 65.2 Å². The predicted octanol–water partition coefficient (Wildman–Crippen LogP) is 6.33. The lowest BCUT2D eigenvalue weighted by molar-refractivity contribution is 0.0953. The van der Waals surface area contributed by atoms with Crippen LogP contribution in [0.15, 0.2) is 48.5 Å². The number of carbonyl (C=O) groups is 1. The van der Waals surface area contributed by atoms with Crippen molar-refractivity contribution in [2.45, 2.75) is 84.2 Å². The van der Waals surface area contributed by atoms with E-state index < -0.39 is 0 Å². The molecule has 2 aromatic rings. The topological polar surface area (TPSA) is 61.4 Å². The maximum atomic E-state index is 12.4. The fraction of sp³-hybridized carbons (Fsp3) is 0.519. The van der Waals surface area contributed by atoms with Gasteiger partial charge in [-0.25, -0.2) is 0 Å². The highest BCUT2D eigenvalue weighted by atomic mass is 16.3. The van der Waals surface area contributed by atoms with Gasteiger partial charge in [-0.3, -0.25) is 4.79 Å². The van der Waals surface area contributed by atoms with Crippen LogP contribution in [-0.2, 0) is 13.1 Å². The second kappa shape index (κ2) is 15.5. The van der Waals surface area contributed by atoms with Gasteiger partial charge in [-0.05, 0) is 41.8 Å². The van der Waals surface area contributed by atoms with Crippen LogP contribution in [0.3, 0.4) is 0 Å². The molecule has 0 aliphatic heterocycles. The quantitative estimate of drug-likeness (QED) is 0.276. The van der Waals surface area contributed by atoms with Gasteiger partial charge in [0.2, 0.25) is 0 Å². The zero-order valence-electron chi connectivity index (χ0n) is 19.2. The van der Waals surface area contributed by atoms with E-state index in [1.54, 1.807) is 12.1 Å². The van der Waals surface area contributed by atoms with E-state index in [2.05, 4.69) is 17.6 Å². The summed E-state index contributed by atoms with van der Waals surface area (Å²) in [6, 6.07) is 15.0. The number of phenolic OH excluding ortho intramolecular Hbond substituents is 1. The molecule has 3 N–H and O–H groups in total. The van der Waals surface area contributed by atoms with E-state index in [0.29, 0.717) is 6.54 Å². The molecule has 0 aliphatic rings. The van der Waals surface area contributed by atoms with E-state index >= 15 is 0 Å². The fourth-order valence-corrected chi connectivity index (χ4v) is 3.70. The summed E-state index contributed by atoms with van der Waals surface area (Å²) in [5, 5.41) is 15.8. The van der Waals surface area contributed by atoms with E-state index in [1.807, 2.05) is 36.4 Å². The lowest BCUT2D eigenvalue weighted by atomic mass is 10.1. The molecule has 0 radical (unpaired) electrons. The molecule has 0 saturated heterocycles. The number of benzene rings is 2. The largest absolute Gasteiger partial charge is 0.508 e. The third kappa shape index (κ3) is 11.0. The second-order valence-electron chi connectivity index (χ2n) is 8.41. The molecular formula is C27H40N2O2. The first-order chi connectivity index (χ1) is 15.2. The molecule has 0 aromatic heterocycles. The van der Waals surface area contributed by atoms with E-state index in [4.69, 9.17) is 0 Å². The Hall–Kier alpha value is -2.33. The van der Waals surface area contributed by atoms with Crippen LogP contribution in [0.5, 0.6) is 5.75 Å². The van der Waals surface area contributed by atoms with Gasteiger partial charge in [-0.15, -0.1) is 0 Å². The van der Waals surface area contributed by atoms with Gasteiger partial charge in [0.05, 0.1) is 0 Å². The number of unbranched alkanes of at least 4 members (excludes halogenated alkanes) is 9. The third-order valence-corrected chi connectivity index (χ3v) is 5.60. The summed E-state index contributed by atoms with van der Waals surface area (Å²) in [5.41, 5.74) is 2.92. The van der Waals surface area contributed by atoms with Crippen LogP contribution in [0.1, 0.15) is 92.6 Å². The minimum absolute atomic E-state index is 0.0105. The summed E-state index contributed by atoms with van der Waals surface area (Å²) < 4.78 is 0. The molecule has 1 amide bonds. The maximum Gasteiger partial charge on any atom is 0.251 e. The third-order valence-electron chi connectivity index (χ3n) is 5.60. The molecule has 0 unspecified atom stereocenters. The van der Waals surface area contributed by atoms with Crippen molar-refractivity contribution in [3.8, 4) is 5.75 Å². The molecule has 4 heteroatoms. The van der Waals surface area contributed by atoms with Crippen LogP contribution in [0.4, 0.5) is 0 Å². The molecule has 0 heterocycles. The number of nitrogens with one attached hydrogen (secondary N) is 2. The summed E-state index contributed by atoms with van der Waals surface area (Å²) in [7, 11) is 0. The number of rotatable bonds is 16. The Morgan fingerprint density at radius 2 is 1.39 bits per heavy atom.